The first-order valence-electron chi connectivity index (χ1n) is 7.84. The van der Waals surface area contributed by atoms with E-state index in [0.29, 0.717) is 24.9 Å². The Morgan fingerprint density at radius 2 is 1.80 bits per heavy atom. The van der Waals surface area contributed by atoms with Crippen molar-refractivity contribution in [2.45, 2.75) is 13.1 Å². The predicted octanol–water partition coefficient (Wildman–Crippen LogP) is 1.97. The summed E-state index contributed by atoms with van der Waals surface area (Å²) in [6.45, 7) is 1.19. The van der Waals surface area contributed by atoms with Crippen LogP contribution in [0.2, 0.25) is 0 Å². The van der Waals surface area contributed by atoms with Crippen LogP contribution >= 0.6 is 0 Å². The molecule has 1 aromatic heterocycles. The Balaban J connectivity index is 1.94. The summed E-state index contributed by atoms with van der Waals surface area (Å²) >= 11 is 0. The highest BCUT2D eigenvalue weighted by Gasteiger charge is 2.06. The minimum atomic E-state index is 0.576. The van der Waals surface area contributed by atoms with Crippen LogP contribution < -0.4 is 24.8 Å². The first-order chi connectivity index (χ1) is 12.2. The lowest BCUT2D eigenvalue weighted by Gasteiger charge is -2.14. The summed E-state index contributed by atoms with van der Waals surface area (Å²) in [7, 11) is 6.60. The van der Waals surface area contributed by atoms with Gasteiger partial charge >= 0.3 is 0 Å². The molecule has 0 amide bonds. The van der Waals surface area contributed by atoms with Crippen LogP contribution in [0.5, 0.6) is 17.4 Å². The molecule has 1 heterocycles. The van der Waals surface area contributed by atoms with Crippen LogP contribution in [0, 0.1) is 0 Å². The van der Waals surface area contributed by atoms with Gasteiger partial charge in [-0.3, -0.25) is 4.99 Å². The fourth-order valence-electron chi connectivity index (χ4n) is 2.26. The van der Waals surface area contributed by atoms with E-state index in [-0.39, 0.29) is 0 Å². The third-order valence-corrected chi connectivity index (χ3v) is 3.63. The van der Waals surface area contributed by atoms with Crippen molar-refractivity contribution in [3.05, 3.63) is 47.7 Å². The maximum absolute atomic E-state index is 5.41. The fraction of sp³-hybridized carbons (Fsp3) is 0.333. The average molecular weight is 344 g/mol. The van der Waals surface area contributed by atoms with Crippen molar-refractivity contribution in [3.8, 4) is 17.4 Å². The quantitative estimate of drug-likeness (QED) is 0.591. The summed E-state index contributed by atoms with van der Waals surface area (Å²) in [5, 5.41) is 6.53. The second-order valence-electron chi connectivity index (χ2n) is 5.16. The van der Waals surface area contributed by atoms with E-state index in [4.69, 9.17) is 14.2 Å². The van der Waals surface area contributed by atoms with Gasteiger partial charge in [0.2, 0.25) is 5.88 Å². The predicted molar refractivity (Wildman–Crippen MR) is 97.4 cm³/mol. The van der Waals surface area contributed by atoms with E-state index >= 15 is 0 Å². The number of nitrogens with one attached hydrogen (secondary N) is 2. The van der Waals surface area contributed by atoms with Gasteiger partial charge in [-0.15, -0.1) is 0 Å². The maximum Gasteiger partial charge on any atom is 0.213 e. The minimum absolute atomic E-state index is 0.576. The Hall–Kier alpha value is -2.96. The zero-order chi connectivity index (χ0) is 18.1. The third kappa shape index (κ3) is 5.27. The van der Waals surface area contributed by atoms with E-state index in [1.165, 1.54) is 0 Å². The van der Waals surface area contributed by atoms with Crippen LogP contribution in [0.4, 0.5) is 0 Å². The number of rotatable bonds is 7. The summed E-state index contributed by atoms with van der Waals surface area (Å²) < 4.78 is 15.7. The summed E-state index contributed by atoms with van der Waals surface area (Å²) in [6, 6.07) is 9.53. The number of aromatic nitrogens is 1. The number of methoxy groups -OCH3 is 3. The molecule has 7 nitrogen and oxygen atoms in total. The van der Waals surface area contributed by atoms with E-state index in [2.05, 4.69) is 20.6 Å². The molecule has 2 rings (SSSR count). The standard InChI is InChI=1S/C18H24N4O3/c1-19-18(21-11-13-7-8-20-17(9-13)25-4)22-12-14-5-6-15(23-2)10-16(14)24-3/h5-10H,11-12H2,1-4H3,(H2,19,21,22). The Morgan fingerprint density at radius 3 is 2.48 bits per heavy atom. The van der Waals surface area contributed by atoms with Crippen molar-refractivity contribution >= 4 is 5.96 Å². The van der Waals surface area contributed by atoms with Crippen molar-refractivity contribution in [3.63, 3.8) is 0 Å². The van der Waals surface area contributed by atoms with Crippen molar-refractivity contribution in [1.29, 1.82) is 0 Å². The number of guanidine groups is 1. The SMILES string of the molecule is CN=C(NCc1ccnc(OC)c1)NCc1ccc(OC)cc1OC. The van der Waals surface area contributed by atoms with Crippen LogP contribution in [-0.2, 0) is 13.1 Å². The maximum atomic E-state index is 5.41. The molecule has 0 saturated carbocycles. The largest absolute Gasteiger partial charge is 0.497 e. The van der Waals surface area contributed by atoms with Crippen molar-refractivity contribution in [2.24, 2.45) is 4.99 Å². The van der Waals surface area contributed by atoms with Gasteiger partial charge in [0.05, 0.1) is 21.3 Å². The van der Waals surface area contributed by atoms with E-state index < -0.39 is 0 Å². The molecule has 0 saturated heterocycles. The Kier molecular flexibility index (Phi) is 6.88. The molecule has 0 unspecified atom stereocenters. The van der Waals surface area contributed by atoms with Crippen LogP contribution in [0.1, 0.15) is 11.1 Å². The number of hydrogen-bond acceptors (Lipinski definition) is 5. The normalized spacial score (nSPS) is 11.0. The molecule has 0 aliphatic rings. The molecule has 0 fully saturated rings. The monoisotopic (exact) mass is 344 g/mol. The Labute approximate surface area is 148 Å². The molecule has 0 aliphatic heterocycles. The highest BCUT2D eigenvalue weighted by Crippen LogP contribution is 2.24. The molecule has 134 valence electrons. The molecular weight excluding hydrogens is 320 g/mol. The molecule has 0 spiro atoms. The van der Waals surface area contributed by atoms with E-state index in [1.807, 2.05) is 30.3 Å². The van der Waals surface area contributed by atoms with Crippen LogP contribution in [0.25, 0.3) is 0 Å². The summed E-state index contributed by atoms with van der Waals surface area (Å²) in [6.07, 6.45) is 1.72. The fourth-order valence-corrected chi connectivity index (χ4v) is 2.26. The second-order valence-corrected chi connectivity index (χ2v) is 5.16. The highest BCUT2D eigenvalue weighted by atomic mass is 16.5. The highest BCUT2D eigenvalue weighted by molar-refractivity contribution is 5.79. The minimum Gasteiger partial charge on any atom is -0.497 e. The second kappa shape index (κ2) is 9.36. The van der Waals surface area contributed by atoms with Crippen LogP contribution in [0.3, 0.4) is 0 Å². The van der Waals surface area contributed by atoms with Crippen molar-refractivity contribution in [2.75, 3.05) is 28.4 Å². The molecule has 1 aromatic carbocycles. The van der Waals surface area contributed by atoms with Gasteiger partial charge in [0.25, 0.3) is 0 Å². The molecule has 0 atom stereocenters. The van der Waals surface area contributed by atoms with Crippen molar-refractivity contribution in [1.82, 2.24) is 15.6 Å². The smallest absolute Gasteiger partial charge is 0.213 e. The van der Waals surface area contributed by atoms with Crippen LogP contribution in [-0.4, -0.2) is 39.3 Å². The molecule has 25 heavy (non-hydrogen) atoms. The number of benzene rings is 1. The lowest BCUT2D eigenvalue weighted by Crippen LogP contribution is -2.36. The number of nitrogens with zero attached hydrogens (tertiary/aromatic N) is 2. The first kappa shape index (κ1) is 18.4. The van der Waals surface area contributed by atoms with E-state index in [1.54, 1.807) is 34.6 Å². The van der Waals surface area contributed by atoms with Gasteiger partial charge in [-0.05, 0) is 23.8 Å². The lowest BCUT2D eigenvalue weighted by atomic mass is 10.2. The van der Waals surface area contributed by atoms with Crippen LogP contribution in [0.15, 0.2) is 41.5 Å². The summed E-state index contributed by atoms with van der Waals surface area (Å²) in [5.41, 5.74) is 2.06. The summed E-state index contributed by atoms with van der Waals surface area (Å²) in [5.74, 6) is 2.80. The number of pyridine rings is 1. The van der Waals surface area contributed by atoms with E-state index in [0.717, 1.165) is 22.6 Å². The van der Waals surface area contributed by atoms with Gasteiger partial charge < -0.3 is 24.8 Å². The molecule has 2 aromatic rings. The number of hydrogen-bond donors (Lipinski definition) is 2. The molecule has 0 bridgehead atoms. The van der Waals surface area contributed by atoms with Gasteiger partial charge in [0, 0.05) is 44.0 Å². The topological polar surface area (TPSA) is 77.0 Å². The zero-order valence-electron chi connectivity index (χ0n) is 15.0. The summed E-state index contributed by atoms with van der Waals surface area (Å²) in [4.78, 5) is 8.33. The number of aliphatic imine (C=N–C) groups is 1. The molecule has 0 aliphatic carbocycles. The van der Waals surface area contributed by atoms with Gasteiger partial charge in [0.15, 0.2) is 5.96 Å². The molecular formula is C18H24N4O3. The molecule has 2 N–H and O–H groups in total. The van der Waals surface area contributed by atoms with Gasteiger partial charge in [0.1, 0.15) is 11.5 Å². The lowest BCUT2D eigenvalue weighted by molar-refractivity contribution is 0.390. The zero-order valence-corrected chi connectivity index (χ0v) is 15.0. The van der Waals surface area contributed by atoms with Crippen molar-refractivity contribution < 1.29 is 14.2 Å². The van der Waals surface area contributed by atoms with E-state index in [9.17, 15) is 0 Å². The molecule has 7 heteroatoms. The Morgan fingerprint density at radius 1 is 1.00 bits per heavy atom. The first-order valence-corrected chi connectivity index (χ1v) is 7.84. The number of ether oxygens (including phenoxy) is 3. The Bertz CT molecular complexity index is 719. The van der Waals surface area contributed by atoms with Gasteiger partial charge in [-0.2, -0.15) is 0 Å². The third-order valence-electron chi connectivity index (χ3n) is 3.63. The average Bonchev–Trinajstić information content (AvgIpc) is 2.68. The van der Waals surface area contributed by atoms with Gasteiger partial charge in [-0.25, -0.2) is 4.98 Å². The van der Waals surface area contributed by atoms with Gasteiger partial charge in [-0.1, -0.05) is 0 Å². The molecule has 0 radical (unpaired) electrons.